The normalized spacial score (nSPS) is 8.62. The van der Waals surface area contributed by atoms with E-state index in [1.165, 1.54) is 0 Å². The van der Waals surface area contributed by atoms with Crippen LogP contribution in [0.25, 0.3) is 0 Å². The van der Waals surface area contributed by atoms with Gasteiger partial charge in [-0.2, -0.15) is 8.42 Å². The van der Waals surface area contributed by atoms with Crippen LogP contribution < -0.4 is 17.4 Å². The van der Waals surface area contributed by atoms with Crippen LogP contribution in [0.2, 0.25) is 0 Å². The fourth-order valence-corrected chi connectivity index (χ4v) is 0.391. The highest BCUT2D eigenvalue weighted by atomic mass is 32.2. The monoisotopic (exact) mass is 263 g/mol. The summed E-state index contributed by atoms with van der Waals surface area (Å²) in [5, 5.41) is 19.9. The predicted octanol–water partition coefficient (Wildman–Crippen LogP) is -0.602. The van der Waals surface area contributed by atoms with Crippen molar-refractivity contribution in [1.29, 1.82) is 0 Å². The lowest BCUT2D eigenvalue weighted by Crippen LogP contribution is -2.08. The van der Waals surface area contributed by atoms with E-state index in [0.29, 0.717) is 0 Å². The number of carbonyl (C=O) groups is 2. The highest BCUT2D eigenvalue weighted by Gasteiger charge is 1.99. The minimum atomic E-state index is -4.17. The van der Waals surface area contributed by atoms with Gasteiger partial charge in [0.05, 0.1) is 0 Å². The molecule has 10 nitrogen and oxygen atoms in total. The van der Waals surface area contributed by atoms with Gasteiger partial charge in [0.1, 0.15) is 0 Å². The molecule has 0 aromatic carbocycles. The molecule has 0 unspecified atom stereocenters. The summed E-state index contributed by atoms with van der Waals surface area (Å²) >= 11 is 0. The van der Waals surface area contributed by atoms with Crippen molar-refractivity contribution in [1.82, 2.24) is 12.3 Å². The van der Waals surface area contributed by atoms with E-state index in [2.05, 4.69) is 5.14 Å². The predicted molar refractivity (Wildman–Crippen MR) is 54.9 cm³/mol. The number of carboxylic acid groups (broad SMARTS) is 2. The molecule has 0 aliphatic carbocycles. The van der Waals surface area contributed by atoms with Gasteiger partial charge in [0.25, 0.3) is 0 Å². The van der Waals surface area contributed by atoms with Gasteiger partial charge in [-0.15, -0.1) is 0 Å². The van der Waals surface area contributed by atoms with E-state index in [4.69, 9.17) is 23.2 Å². The smallest absolute Gasteiger partial charge is 0.330 e. The number of aliphatic carboxylic acids is 2. The van der Waals surface area contributed by atoms with Crippen LogP contribution >= 0.6 is 0 Å². The number of hydrogen-bond donors (Lipinski definition) is 6. The van der Waals surface area contributed by atoms with Gasteiger partial charge in [-0.1, -0.05) is 0 Å². The first-order chi connectivity index (χ1) is 6.13. The van der Waals surface area contributed by atoms with Crippen LogP contribution in [-0.2, 0) is 19.9 Å². The lowest BCUT2D eigenvalue weighted by Gasteiger charge is -1.89. The molecule has 0 aliphatic rings. The molecule has 16 heavy (non-hydrogen) atoms. The first-order valence-corrected chi connectivity index (χ1v) is 4.82. The van der Waals surface area contributed by atoms with E-state index in [1.807, 2.05) is 0 Å². The molecule has 0 amide bonds. The molecule has 0 aromatic rings. The topological polar surface area (TPSA) is 225 Å². The van der Waals surface area contributed by atoms with Crippen LogP contribution in [0.3, 0.4) is 0 Å². The molecule has 0 radical (unpaired) electrons. The van der Waals surface area contributed by atoms with Crippen molar-refractivity contribution in [3.8, 4) is 0 Å². The van der Waals surface area contributed by atoms with Gasteiger partial charge in [0.15, 0.2) is 0 Å². The van der Waals surface area contributed by atoms with Gasteiger partial charge in [-0.3, -0.25) is 14.1 Å². The molecule has 0 atom stereocenters. The summed E-state index contributed by atoms with van der Waals surface area (Å²) in [6.45, 7) is 0. The van der Waals surface area contributed by atoms with E-state index in [0.717, 1.165) is 0 Å². The van der Waals surface area contributed by atoms with Crippen LogP contribution in [-0.4, -0.2) is 35.1 Å². The molecular formula is C5H17N3O7S. The summed E-state index contributed by atoms with van der Waals surface area (Å²) in [6, 6.07) is 0. The largest absolute Gasteiger partial charge is 0.481 e. The van der Waals surface area contributed by atoms with Gasteiger partial charge >= 0.3 is 22.2 Å². The lowest BCUT2D eigenvalue weighted by molar-refractivity contribution is -0.138. The summed E-state index contributed by atoms with van der Waals surface area (Å²) in [5.74, 6) is -1.90. The summed E-state index contributed by atoms with van der Waals surface area (Å²) in [5.41, 5.74) is 0. The Hall–Kier alpha value is -1.27. The maximum absolute atomic E-state index is 9.79. The Morgan fingerprint density at radius 1 is 1.00 bits per heavy atom. The Balaban J connectivity index is -0.0000000904. The zero-order valence-electron chi connectivity index (χ0n) is 8.50. The number of rotatable bonds is 4. The zero-order chi connectivity index (χ0) is 11.8. The molecule has 0 rings (SSSR count). The molecule has 0 heterocycles. The Bertz CT molecular complexity index is 266. The Morgan fingerprint density at radius 2 is 1.19 bits per heavy atom. The molecule has 0 spiro atoms. The van der Waals surface area contributed by atoms with E-state index in [9.17, 15) is 9.59 Å². The fraction of sp³-hybridized carbons (Fsp3) is 0.600. The maximum Gasteiger partial charge on any atom is 0.330 e. The maximum atomic E-state index is 9.79. The second-order valence-electron chi connectivity index (χ2n) is 2.16. The van der Waals surface area contributed by atoms with Crippen LogP contribution in [0.15, 0.2) is 0 Å². The average Bonchev–Trinajstić information content (AvgIpc) is 1.80. The molecule has 0 aromatic heterocycles. The second kappa shape index (κ2) is 11.8. The number of carboxylic acids is 2. The van der Waals surface area contributed by atoms with Crippen molar-refractivity contribution >= 4 is 22.2 Å². The molecular weight excluding hydrogens is 246 g/mol. The molecule has 11 N–H and O–H groups in total. The zero-order valence-corrected chi connectivity index (χ0v) is 9.31. The lowest BCUT2D eigenvalue weighted by atomic mass is 10.2. The first kappa shape index (κ1) is 24.1. The average molecular weight is 263 g/mol. The number of hydrogen-bond acceptors (Lipinski definition) is 6. The second-order valence-corrected chi connectivity index (χ2v) is 3.19. The first-order valence-electron chi connectivity index (χ1n) is 3.31. The van der Waals surface area contributed by atoms with Crippen molar-refractivity contribution in [2.24, 2.45) is 5.14 Å². The highest BCUT2D eigenvalue weighted by molar-refractivity contribution is 7.83. The summed E-state index contributed by atoms with van der Waals surface area (Å²) in [4.78, 5) is 19.6. The Kier molecular flexibility index (Phi) is 17.8. The minimum Gasteiger partial charge on any atom is -0.481 e. The van der Waals surface area contributed by atoms with Crippen molar-refractivity contribution in [2.75, 3.05) is 0 Å². The molecule has 0 saturated carbocycles. The summed E-state index contributed by atoms with van der Waals surface area (Å²) < 4.78 is 25.2. The van der Waals surface area contributed by atoms with Gasteiger partial charge in [0, 0.05) is 12.8 Å². The van der Waals surface area contributed by atoms with Crippen molar-refractivity contribution in [3.63, 3.8) is 0 Å². The van der Waals surface area contributed by atoms with Crippen molar-refractivity contribution in [3.05, 3.63) is 0 Å². The molecule has 0 fully saturated rings. The summed E-state index contributed by atoms with van der Waals surface area (Å²) in [6.07, 6.45) is 0.0866. The van der Waals surface area contributed by atoms with Gasteiger partial charge in [0.2, 0.25) is 0 Å². The van der Waals surface area contributed by atoms with Gasteiger partial charge in [-0.05, 0) is 6.42 Å². The Labute approximate surface area is 92.5 Å². The third kappa shape index (κ3) is 78.3. The third-order valence-electron chi connectivity index (χ3n) is 0.781. The van der Waals surface area contributed by atoms with E-state index in [-0.39, 0.29) is 31.6 Å². The minimum absolute atomic E-state index is 0. The van der Waals surface area contributed by atoms with Crippen molar-refractivity contribution in [2.45, 2.75) is 19.3 Å². The van der Waals surface area contributed by atoms with Crippen molar-refractivity contribution < 1.29 is 32.8 Å². The highest BCUT2D eigenvalue weighted by Crippen LogP contribution is 1.93. The standard InChI is InChI=1S/C5H8O4.H3NO3S.2H3N/c6-4(7)2-1-3-5(8)9;1-5(2,3)4;;/h1-3H2,(H,6,7)(H,8,9);(H3,1,2,3,4);2*1H3. The van der Waals surface area contributed by atoms with Crippen LogP contribution in [0.5, 0.6) is 0 Å². The van der Waals surface area contributed by atoms with Crippen LogP contribution in [0.4, 0.5) is 0 Å². The van der Waals surface area contributed by atoms with Gasteiger partial charge in [-0.25, -0.2) is 5.14 Å². The molecule has 100 valence electrons. The molecule has 0 saturated heterocycles. The summed E-state index contributed by atoms with van der Waals surface area (Å²) in [7, 11) is -4.17. The van der Waals surface area contributed by atoms with Crippen LogP contribution in [0.1, 0.15) is 19.3 Å². The Morgan fingerprint density at radius 3 is 1.31 bits per heavy atom. The van der Waals surface area contributed by atoms with E-state index in [1.54, 1.807) is 0 Å². The molecule has 0 bridgehead atoms. The molecule has 11 heteroatoms. The number of nitrogens with two attached hydrogens (primary N) is 1. The van der Waals surface area contributed by atoms with Gasteiger partial charge < -0.3 is 22.5 Å². The quantitative estimate of drug-likeness (QED) is 0.355. The van der Waals surface area contributed by atoms with Crippen LogP contribution in [0, 0.1) is 0 Å². The SMILES string of the molecule is N.N.NS(=O)(=O)O.O=C(O)CCCC(=O)O. The molecule has 0 aliphatic heterocycles. The fourth-order valence-electron chi connectivity index (χ4n) is 0.391. The van der Waals surface area contributed by atoms with E-state index < -0.39 is 22.2 Å². The van der Waals surface area contributed by atoms with E-state index >= 15 is 0 Å². The third-order valence-corrected chi connectivity index (χ3v) is 0.781.